The third-order valence-corrected chi connectivity index (χ3v) is 4.51. The van der Waals surface area contributed by atoms with Crippen LogP contribution in [0.2, 0.25) is 5.02 Å². The molecule has 0 bridgehead atoms. The first kappa shape index (κ1) is 18.1. The van der Waals surface area contributed by atoms with Gasteiger partial charge in [0.2, 0.25) is 0 Å². The quantitative estimate of drug-likeness (QED) is 0.460. The zero-order chi connectivity index (χ0) is 19.7. The van der Waals surface area contributed by atoms with E-state index in [4.69, 9.17) is 11.6 Å². The zero-order valence-corrected chi connectivity index (χ0v) is 15.2. The normalized spacial score (nSPS) is 11.4. The van der Waals surface area contributed by atoms with Gasteiger partial charge in [-0.2, -0.15) is 0 Å². The highest BCUT2D eigenvalue weighted by atomic mass is 35.5. The molecule has 1 aromatic heterocycles. The zero-order valence-electron chi connectivity index (χ0n) is 14.4. The molecule has 1 heterocycles. The van der Waals surface area contributed by atoms with E-state index in [1.54, 1.807) is 60.7 Å². The predicted octanol–water partition coefficient (Wildman–Crippen LogP) is 5.49. The summed E-state index contributed by atoms with van der Waals surface area (Å²) in [6.07, 6.45) is 3.17. The summed E-state index contributed by atoms with van der Waals surface area (Å²) in [6.45, 7) is 0. The van der Waals surface area contributed by atoms with E-state index in [2.05, 4.69) is 4.98 Å². The van der Waals surface area contributed by atoms with Crippen molar-refractivity contribution < 1.29 is 8.78 Å². The summed E-state index contributed by atoms with van der Waals surface area (Å²) in [5, 5.41) is 1.02. The summed E-state index contributed by atoms with van der Waals surface area (Å²) in [4.78, 5) is 17.7. The van der Waals surface area contributed by atoms with Crippen LogP contribution in [-0.2, 0) is 0 Å². The van der Waals surface area contributed by atoms with Gasteiger partial charge in [-0.3, -0.25) is 9.36 Å². The van der Waals surface area contributed by atoms with Crippen molar-refractivity contribution in [1.82, 2.24) is 9.55 Å². The molecule has 6 heteroatoms. The first-order chi connectivity index (χ1) is 13.5. The highest BCUT2D eigenvalue weighted by Gasteiger charge is 2.11. The van der Waals surface area contributed by atoms with Gasteiger partial charge in [0.25, 0.3) is 5.56 Å². The topological polar surface area (TPSA) is 34.9 Å². The molecule has 3 aromatic carbocycles. The Hall–Kier alpha value is -3.31. The molecule has 0 saturated heterocycles. The number of aromatic nitrogens is 2. The van der Waals surface area contributed by atoms with E-state index in [0.717, 1.165) is 12.1 Å². The minimum atomic E-state index is -0.941. The van der Waals surface area contributed by atoms with Crippen LogP contribution in [0.3, 0.4) is 0 Å². The SMILES string of the molecule is O=c1c2ccccc2nc(/C=C\c2ccc(F)c(F)c2)n1-c1ccc(Cl)cc1. The maximum Gasteiger partial charge on any atom is 0.266 e. The summed E-state index contributed by atoms with van der Waals surface area (Å²) in [5.41, 5.74) is 1.35. The number of hydrogen-bond donors (Lipinski definition) is 0. The molecular formula is C22H13ClF2N2O. The molecule has 138 valence electrons. The maximum atomic E-state index is 13.5. The molecule has 0 unspecified atom stereocenters. The van der Waals surface area contributed by atoms with E-state index in [9.17, 15) is 13.6 Å². The predicted molar refractivity (Wildman–Crippen MR) is 108 cm³/mol. The fourth-order valence-electron chi connectivity index (χ4n) is 2.89. The van der Waals surface area contributed by atoms with E-state index in [0.29, 0.717) is 33.0 Å². The lowest BCUT2D eigenvalue weighted by Gasteiger charge is -2.11. The standard InChI is InChI=1S/C22H13ClF2N2O/c23-15-7-9-16(10-8-15)27-21(12-6-14-5-11-18(24)19(25)13-14)26-20-4-2-1-3-17(20)22(27)28/h1-13H/b12-6-. The molecule has 0 radical (unpaired) electrons. The molecule has 3 nitrogen and oxygen atoms in total. The second-order valence-corrected chi connectivity index (χ2v) is 6.55. The van der Waals surface area contributed by atoms with Crippen LogP contribution in [0.5, 0.6) is 0 Å². The number of benzene rings is 3. The fourth-order valence-corrected chi connectivity index (χ4v) is 3.01. The first-order valence-electron chi connectivity index (χ1n) is 8.44. The van der Waals surface area contributed by atoms with Crippen LogP contribution in [0.1, 0.15) is 11.4 Å². The minimum absolute atomic E-state index is 0.238. The van der Waals surface area contributed by atoms with Crippen LogP contribution in [0.4, 0.5) is 8.78 Å². The Morgan fingerprint density at radius 1 is 0.893 bits per heavy atom. The third kappa shape index (κ3) is 3.44. The third-order valence-electron chi connectivity index (χ3n) is 4.25. The summed E-state index contributed by atoms with van der Waals surface area (Å²) in [5.74, 6) is -1.50. The summed E-state index contributed by atoms with van der Waals surface area (Å²) >= 11 is 5.96. The maximum absolute atomic E-state index is 13.5. The Morgan fingerprint density at radius 3 is 2.39 bits per heavy atom. The molecular weight excluding hydrogens is 382 g/mol. The van der Waals surface area contributed by atoms with Crippen molar-refractivity contribution in [2.24, 2.45) is 0 Å². The molecule has 0 saturated carbocycles. The van der Waals surface area contributed by atoms with Gasteiger partial charge in [-0.25, -0.2) is 13.8 Å². The van der Waals surface area contributed by atoms with Crippen molar-refractivity contribution in [3.8, 4) is 5.69 Å². The molecule has 0 aliphatic carbocycles. The molecule has 0 atom stereocenters. The van der Waals surface area contributed by atoms with Gasteiger partial charge in [0, 0.05) is 5.02 Å². The molecule has 0 fully saturated rings. The first-order valence-corrected chi connectivity index (χ1v) is 8.81. The second kappa shape index (κ2) is 7.37. The van der Waals surface area contributed by atoms with Gasteiger partial charge in [0.05, 0.1) is 16.6 Å². The Morgan fingerprint density at radius 2 is 1.64 bits per heavy atom. The van der Waals surface area contributed by atoms with Crippen LogP contribution in [0.15, 0.2) is 71.5 Å². The molecule has 0 aliphatic heterocycles. The van der Waals surface area contributed by atoms with Gasteiger partial charge in [0.15, 0.2) is 11.6 Å². The molecule has 0 amide bonds. The number of rotatable bonds is 3. The van der Waals surface area contributed by atoms with Crippen LogP contribution < -0.4 is 5.56 Å². The van der Waals surface area contributed by atoms with Gasteiger partial charge in [-0.15, -0.1) is 0 Å². The van der Waals surface area contributed by atoms with Crippen molar-refractivity contribution in [3.63, 3.8) is 0 Å². The largest absolute Gasteiger partial charge is 0.268 e. The number of fused-ring (bicyclic) bond motifs is 1. The van der Waals surface area contributed by atoms with Crippen LogP contribution in [-0.4, -0.2) is 9.55 Å². The average molecular weight is 395 g/mol. The summed E-state index contributed by atoms with van der Waals surface area (Å²) < 4.78 is 28.1. The molecule has 28 heavy (non-hydrogen) atoms. The van der Waals surface area contributed by atoms with Gasteiger partial charge >= 0.3 is 0 Å². The van der Waals surface area contributed by atoms with Gasteiger partial charge in [-0.05, 0) is 60.2 Å². The van der Waals surface area contributed by atoms with Crippen molar-refractivity contribution in [1.29, 1.82) is 0 Å². The number of nitrogens with zero attached hydrogens (tertiary/aromatic N) is 2. The van der Waals surface area contributed by atoms with Crippen LogP contribution in [0, 0.1) is 11.6 Å². The Labute approximate surface area is 164 Å². The summed E-state index contributed by atoms with van der Waals surface area (Å²) in [7, 11) is 0. The summed E-state index contributed by atoms with van der Waals surface area (Å²) in [6, 6.07) is 17.4. The molecule has 0 N–H and O–H groups in total. The lowest BCUT2D eigenvalue weighted by atomic mass is 10.2. The van der Waals surface area contributed by atoms with Gasteiger partial charge in [-0.1, -0.05) is 35.9 Å². The number of halogens is 3. The number of para-hydroxylation sites is 1. The van der Waals surface area contributed by atoms with E-state index in [1.807, 2.05) is 0 Å². The van der Waals surface area contributed by atoms with E-state index in [-0.39, 0.29) is 5.56 Å². The minimum Gasteiger partial charge on any atom is -0.268 e. The average Bonchev–Trinajstić information content (AvgIpc) is 2.70. The lowest BCUT2D eigenvalue weighted by Crippen LogP contribution is -2.22. The monoisotopic (exact) mass is 394 g/mol. The fraction of sp³-hybridized carbons (Fsp3) is 0. The highest BCUT2D eigenvalue weighted by molar-refractivity contribution is 6.30. The van der Waals surface area contributed by atoms with Crippen LogP contribution >= 0.6 is 11.6 Å². The van der Waals surface area contributed by atoms with Gasteiger partial charge in [0.1, 0.15) is 5.82 Å². The highest BCUT2D eigenvalue weighted by Crippen LogP contribution is 2.18. The molecule has 0 spiro atoms. The van der Waals surface area contributed by atoms with E-state index >= 15 is 0 Å². The van der Waals surface area contributed by atoms with E-state index in [1.165, 1.54) is 10.6 Å². The van der Waals surface area contributed by atoms with E-state index < -0.39 is 11.6 Å². The van der Waals surface area contributed by atoms with Crippen LogP contribution in [0.25, 0.3) is 28.7 Å². The molecule has 4 rings (SSSR count). The van der Waals surface area contributed by atoms with Crippen molar-refractivity contribution in [2.75, 3.05) is 0 Å². The van der Waals surface area contributed by atoms with Crippen molar-refractivity contribution >= 4 is 34.7 Å². The lowest BCUT2D eigenvalue weighted by molar-refractivity contribution is 0.508. The Balaban J connectivity index is 1.91. The van der Waals surface area contributed by atoms with Crippen molar-refractivity contribution in [2.45, 2.75) is 0 Å². The Bertz CT molecular complexity index is 1260. The number of hydrogen-bond acceptors (Lipinski definition) is 2. The molecule has 0 aliphatic rings. The van der Waals surface area contributed by atoms with Crippen molar-refractivity contribution in [3.05, 3.63) is 105 Å². The molecule has 4 aromatic rings. The Kier molecular flexibility index (Phi) is 4.75. The smallest absolute Gasteiger partial charge is 0.266 e. The second-order valence-electron chi connectivity index (χ2n) is 6.11. The van der Waals surface area contributed by atoms with Gasteiger partial charge < -0.3 is 0 Å².